The highest BCUT2D eigenvalue weighted by Crippen LogP contribution is 2.16. The Kier molecular flexibility index (Phi) is 36.3. The summed E-state index contributed by atoms with van der Waals surface area (Å²) in [5.41, 5.74) is 0. The van der Waals surface area contributed by atoms with E-state index in [9.17, 15) is 5.11 Å². The van der Waals surface area contributed by atoms with Gasteiger partial charge in [-0.1, -0.05) is 174 Å². The second-order valence-electron chi connectivity index (χ2n) is 11.9. The van der Waals surface area contributed by atoms with Crippen LogP contribution in [-0.2, 0) is 10.4 Å². The molecule has 0 rings (SSSR count). The molecule has 1 unspecified atom stereocenters. The lowest BCUT2D eigenvalue weighted by molar-refractivity contribution is 0.147. The zero-order valence-electron chi connectivity index (χ0n) is 26.8. The Morgan fingerprint density at radius 3 is 0.950 bits per heavy atom. The molecule has 0 fully saturated rings. The smallest absolute Gasteiger partial charge is 0.393 e. The summed E-state index contributed by atoms with van der Waals surface area (Å²) in [6.45, 7) is 4.58. The lowest BCUT2D eigenvalue weighted by atomic mass is 10.0. The third-order valence-corrected chi connectivity index (χ3v) is 7.69. The van der Waals surface area contributed by atoms with Crippen molar-refractivity contribution in [2.24, 2.45) is 0 Å². The molecule has 0 bridgehead atoms. The van der Waals surface area contributed by atoms with Crippen LogP contribution in [0.4, 0.5) is 0 Å². The largest absolute Gasteiger partial charge is 0.394 e. The van der Waals surface area contributed by atoms with Crippen molar-refractivity contribution in [1.82, 2.24) is 0 Å². The lowest BCUT2D eigenvalue weighted by Gasteiger charge is -2.10. The molecule has 1 atom stereocenters. The summed E-state index contributed by atoms with van der Waals surface area (Å²) >= 11 is 0. The van der Waals surface area contributed by atoms with E-state index >= 15 is 0 Å². The Balaban J connectivity index is 0. The average molecular weight is 591 g/mol. The predicted molar refractivity (Wildman–Crippen MR) is 175 cm³/mol. The molecule has 0 aliphatic carbocycles. The summed E-state index contributed by atoms with van der Waals surface area (Å²) in [6, 6.07) is 0. The number of rotatable bonds is 30. The molecule has 0 spiro atoms. The number of aliphatic hydroxyl groups excluding tert-OH is 1. The molecule has 0 saturated carbocycles. The Labute approximate surface area is 251 Å². The summed E-state index contributed by atoms with van der Waals surface area (Å²) in [5, 5.41) is 10.2. The number of hydrogen-bond donors (Lipinski definition) is 3. The highest BCUT2D eigenvalue weighted by molar-refractivity contribution is 7.79. The monoisotopic (exact) mass is 590 g/mol. The number of hydrogen-bond acceptors (Lipinski definition) is 3. The lowest BCUT2D eigenvalue weighted by Crippen LogP contribution is -2.05. The molecular weight excluding hydrogens is 520 g/mol. The van der Waals surface area contributed by atoms with Gasteiger partial charge in [0.05, 0.1) is 6.10 Å². The Morgan fingerprint density at radius 1 is 0.450 bits per heavy atom. The Hall–Kier alpha value is -0.430. The minimum Gasteiger partial charge on any atom is -0.393 e. The molecule has 0 aromatic heterocycles. The normalized spacial score (nSPS) is 12.5. The summed E-state index contributed by atoms with van der Waals surface area (Å²) in [4.78, 5) is 0. The van der Waals surface area contributed by atoms with Gasteiger partial charge >= 0.3 is 10.4 Å². The molecular formula is C34H70O5S. The van der Waals surface area contributed by atoms with Crippen molar-refractivity contribution in [2.75, 3.05) is 0 Å². The summed E-state index contributed by atoms with van der Waals surface area (Å²) in [5.74, 6) is 0. The van der Waals surface area contributed by atoms with Crippen LogP contribution in [0.15, 0.2) is 12.2 Å². The molecule has 5 nitrogen and oxygen atoms in total. The minimum absolute atomic E-state index is 0.0442. The molecule has 40 heavy (non-hydrogen) atoms. The zero-order valence-corrected chi connectivity index (χ0v) is 27.6. The van der Waals surface area contributed by atoms with Crippen molar-refractivity contribution in [3.05, 3.63) is 12.2 Å². The van der Waals surface area contributed by atoms with E-state index in [0.29, 0.717) is 0 Å². The van der Waals surface area contributed by atoms with E-state index < -0.39 is 10.4 Å². The van der Waals surface area contributed by atoms with Crippen LogP contribution in [0.25, 0.3) is 0 Å². The van der Waals surface area contributed by atoms with E-state index in [2.05, 4.69) is 26.0 Å². The first-order chi connectivity index (χ1) is 19.3. The van der Waals surface area contributed by atoms with Crippen LogP contribution in [-0.4, -0.2) is 28.7 Å². The van der Waals surface area contributed by atoms with Crippen LogP contribution in [0.5, 0.6) is 0 Å². The highest BCUT2D eigenvalue weighted by atomic mass is 32.3. The summed E-state index contributed by atoms with van der Waals surface area (Å²) in [7, 11) is -4.67. The molecule has 0 aliphatic heterocycles. The molecule has 0 aromatic carbocycles. The first-order valence-corrected chi connectivity index (χ1v) is 18.7. The molecule has 6 heteroatoms. The third kappa shape index (κ3) is 47.4. The van der Waals surface area contributed by atoms with Crippen LogP contribution >= 0.6 is 0 Å². The maximum atomic E-state index is 10.2. The second kappa shape index (κ2) is 34.8. The van der Waals surface area contributed by atoms with Crippen LogP contribution in [0, 0.1) is 0 Å². The van der Waals surface area contributed by atoms with E-state index in [1.165, 1.54) is 173 Å². The van der Waals surface area contributed by atoms with Crippen molar-refractivity contribution in [2.45, 2.75) is 206 Å². The quantitative estimate of drug-likeness (QED) is 0.0439. The summed E-state index contributed by atoms with van der Waals surface area (Å²) in [6.07, 6.45) is 44.0. The predicted octanol–water partition coefficient (Wildman–Crippen LogP) is 11.6. The van der Waals surface area contributed by atoms with Gasteiger partial charge in [-0.05, 0) is 38.5 Å². The van der Waals surface area contributed by atoms with Crippen molar-refractivity contribution in [1.29, 1.82) is 0 Å². The standard InChI is InChI=1S/C34H68O.H2O4S/c1-3-5-7-9-11-13-15-17-19-21-23-25-27-29-31-33-34(35)32-30-28-26-24-22-20-18-16-14-12-10-8-6-4-2;1-5(2,3)4/h17,19,34-35H,3-16,18,20-33H2,1-2H3;(H2,1,2,3,4)/b19-17-;. The molecule has 0 heterocycles. The van der Waals surface area contributed by atoms with Crippen LogP contribution in [0.1, 0.15) is 200 Å². The number of aliphatic hydroxyl groups is 1. The van der Waals surface area contributed by atoms with Gasteiger partial charge in [0.1, 0.15) is 0 Å². The second-order valence-corrected chi connectivity index (χ2v) is 12.8. The van der Waals surface area contributed by atoms with Crippen molar-refractivity contribution >= 4 is 10.4 Å². The van der Waals surface area contributed by atoms with Crippen LogP contribution < -0.4 is 0 Å². The molecule has 242 valence electrons. The fourth-order valence-corrected chi connectivity index (χ4v) is 5.17. The van der Waals surface area contributed by atoms with Gasteiger partial charge in [-0.2, -0.15) is 8.42 Å². The zero-order chi connectivity index (χ0) is 30.0. The minimum atomic E-state index is -4.67. The number of unbranched alkanes of at least 4 members (excludes halogenated alkanes) is 24. The van der Waals surface area contributed by atoms with Crippen molar-refractivity contribution in [3.8, 4) is 0 Å². The molecule has 0 radical (unpaired) electrons. The van der Waals surface area contributed by atoms with Crippen LogP contribution in [0.3, 0.4) is 0 Å². The van der Waals surface area contributed by atoms with E-state index in [4.69, 9.17) is 17.5 Å². The van der Waals surface area contributed by atoms with Crippen molar-refractivity contribution < 1.29 is 22.6 Å². The topological polar surface area (TPSA) is 94.8 Å². The molecule has 0 saturated heterocycles. The summed E-state index contributed by atoms with van der Waals surface area (Å²) < 4.78 is 31.6. The van der Waals surface area contributed by atoms with Gasteiger partial charge in [0.2, 0.25) is 0 Å². The van der Waals surface area contributed by atoms with E-state index in [0.717, 1.165) is 12.8 Å². The van der Waals surface area contributed by atoms with E-state index in [1.807, 2.05) is 0 Å². The van der Waals surface area contributed by atoms with Gasteiger partial charge in [0.15, 0.2) is 0 Å². The van der Waals surface area contributed by atoms with Gasteiger partial charge < -0.3 is 5.11 Å². The molecule has 0 amide bonds. The van der Waals surface area contributed by atoms with Crippen LogP contribution in [0.2, 0.25) is 0 Å². The SMILES string of the molecule is CCCCCCCC/C=C\CCCCCCCC(O)CCCCCCCCCCCCCCCC.O=S(=O)(O)O. The highest BCUT2D eigenvalue weighted by Gasteiger charge is 2.03. The number of allylic oxidation sites excluding steroid dienone is 2. The van der Waals surface area contributed by atoms with Crippen molar-refractivity contribution in [3.63, 3.8) is 0 Å². The Morgan fingerprint density at radius 2 is 0.675 bits per heavy atom. The molecule has 3 N–H and O–H groups in total. The third-order valence-electron chi connectivity index (χ3n) is 7.69. The van der Waals surface area contributed by atoms with Gasteiger partial charge in [-0.3, -0.25) is 9.11 Å². The first-order valence-electron chi connectivity index (χ1n) is 17.3. The fraction of sp³-hybridized carbons (Fsp3) is 0.941. The molecule has 0 aromatic rings. The van der Waals surface area contributed by atoms with E-state index in [1.54, 1.807) is 0 Å². The van der Waals surface area contributed by atoms with E-state index in [-0.39, 0.29) is 6.10 Å². The van der Waals surface area contributed by atoms with Gasteiger partial charge in [0, 0.05) is 0 Å². The van der Waals surface area contributed by atoms with Gasteiger partial charge in [0.25, 0.3) is 0 Å². The maximum Gasteiger partial charge on any atom is 0.394 e. The fourth-order valence-electron chi connectivity index (χ4n) is 5.17. The first kappa shape index (κ1) is 41.7. The maximum absolute atomic E-state index is 10.2. The van der Waals surface area contributed by atoms with Gasteiger partial charge in [-0.15, -0.1) is 0 Å². The molecule has 0 aliphatic rings. The average Bonchev–Trinajstić information content (AvgIpc) is 2.90. The van der Waals surface area contributed by atoms with Gasteiger partial charge in [-0.25, -0.2) is 0 Å². The Bertz CT molecular complexity index is 583.